The molecule has 104 valence electrons. The number of primary sulfonamides is 1. The van der Waals surface area contributed by atoms with Crippen LogP contribution in [0, 0.1) is 12.8 Å². The van der Waals surface area contributed by atoms with Crippen LogP contribution in [-0.4, -0.2) is 31.6 Å². The Morgan fingerprint density at radius 3 is 2.84 bits per heavy atom. The standard InChI is InChI=1S/C11H14ClN3O3S/c1-7-2-9(4-14-11(7)12)15-5-8(3-10(15)16)6-19(13,17)18/h2,4,8H,3,5-6H2,1H3,(H2,13,17,18). The molecule has 2 N–H and O–H groups in total. The molecule has 8 heteroatoms. The van der Waals surface area contributed by atoms with Crippen molar-refractivity contribution in [3.05, 3.63) is 23.0 Å². The van der Waals surface area contributed by atoms with Crippen molar-refractivity contribution in [2.24, 2.45) is 11.1 Å². The third kappa shape index (κ3) is 3.43. The van der Waals surface area contributed by atoms with Gasteiger partial charge in [-0.15, -0.1) is 0 Å². The summed E-state index contributed by atoms with van der Waals surface area (Å²) in [5.74, 6) is -0.592. The van der Waals surface area contributed by atoms with Gasteiger partial charge in [0.1, 0.15) is 5.15 Å². The zero-order chi connectivity index (χ0) is 14.2. The number of carbonyl (C=O) groups excluding carboxylic acids is 1. The van der Waals surface area contributed by atoms with Crippen molar-refractivity contribution in [3.8, 4) is 0 Å². The van der Waals surface area contributed by atoms with Crippen molar-refractivity contribution >= 4 is 33.2 Å². The first kappa shape index (κ1) is 14.2. The predicted octanol–water partition coefficient (Wildman–Crippen LogP) is 0.685. The molecule has 0 saturated carbocycles. The Bertz CT molecular complexity index is 618. The van der Waals surface area contributed by atoms with Gasteiger partial charge in [-0.2, -0.15) is 0 Å². The summed E-state index contributed by atoms with van der Waals surface area (Å²) in [6.07, 6.45) is 1.69. The van der Waals surface area contributed by atoms with Crippen LogP contribution in [0.1, 0.15) is 12.0 Å². The lowest BCUT2D eigenvalue weighted by molar-refractivity contribution is -0.117. The minimum Gasteiger partial charge on any atom is -0.311 e. The third-order valence-corrected chi connectivity index (χ3v) is 4.32. The van der Waals surface area contributed by atoms with Crippen LogP contribution >= 0.6 is 11.6 Å². The second-order valence-corrected chi connectivity index (χ2v) is 6.72. The number of anilines is 1. The summed E-state index contributed by atoms with van der Waals surface area (Å²) in [5, 5.41) is 5.39. The van der Waals surface area contributed by atoms with Crippen LogP contribution in [-0.2, 0) is 14.8 Å². The van der Waals surface area contributed by atoms with Crippen molar-refractivity contribution < 1.29 is 13.2 Å². The summed E-state index contributed by atoms with van der Waals surface area (Å²) in [5.41, 5.74) is 1.39. The summed E-state index contributed by atoms with van der Waals surface area (Å²) < 4.78 is 22.1. The van der Waals surface area contributed by atoms with E-state index in [1.165, 1.54) is 11.1 Å². The Morgan fingerprint density at radius 2 is 2.26 bits per heavy atom. The van der Waals surface area contributed by atoms with E-state index in [2.05, 4.69) is 4.98 Å². The van der Waals surface area contributed by atoms with Gasteiger partial charge in [0.05, 0.1) is 17.6 Å². The van der Waals surface area contributed by atoms with E-state index in [-0.39, 0.29) is 24.0 Å². The second-order valence-electron chi connectivity index (χ2n) is 4.71. The zero-order valence-corrected chi connectivity index (χ0v) is 11.9. The minimum absolute atomic E-state index is 0.128. The maximum absolute atomic E-state index is 11.9. The van der Waals surface area contributed by atoms with E-state index in [1.807, 2.05) is 0 Å². The van der Waals surface area contributed by atoms with E-state index in [1.54, 1.807) is 13.0 Å². The van der Waals surface area contributed by atoms with Gasteiger partial charge >= 0.3 is 0 Å². The highest BCUT2D eigenvalue weighted by Crippen LogP contribution is 2.27. The van der Waals surface area contributed by atoms with Crippen LogP contribution in [0.4, 0.5) is 5.69 Å². The molecule has 1 aromatic heterocycles. The fourth-order valence-corrected chi connectivity index (χ4v) is 3.15. The van der Waals surface area contributed by atoms with Crippen molar-refractivity contribution in [2.45, 2.75) is 13.3 Å². The molecule has 1 aliphatic heterocycles. The number of aryl methyl sites for hydroxylation is 1. The molecule has 1 atom stereocenters. The second kappa shape index (κ2) is 5.07. The summed E-state index contributed by atoms with van der Waals surface area (Å²) in [4.78, 5) is 17.4. The molecule has 0 spiro atoms. The number of hydrogen-bond donors (Lipinski definition) is 1. The molecule has 0 radical (unpaired) electrons. The monoisotopic (exact) mass is 303 g/mol. The van der Waals surface area contributed by atoms with Crippen LogP contribution in [0.5, 0.6) is 0 Å². The van der Waals surface area contributed by atoms with Gasteiger partial charge in [0.25, 0.3) is 0 Å². The van der Waals surface area contributed by atoms with Gasteiger partial charge < -0.3 is 4.90 Å². The lowest BCUT2D eigenvalue weighted by Crippen LogP contribution is -2.27. The molecule has 2 heterocycles. The molecular weight excluding hydrogens is 290 g/mol. The molecule has 1 saturated heterocycles. The molecule has 0 bridgehead atoms. The van der Waals surface area contributed by atoms with Crippen LogP contribution in [0.3, 0.4) is 0 Å². The Kier molecular flexibility index (Phi) is 3.80. The average molecular weight is 304 g/mol. The molecule has 2 rings (SSSR count). The molecule has 19 heavy (non-hydrogen) atoms. The number of amides is 1. The van der Waals surface area contributed by atoms with E-state index in [4.69, 9.17) is 16.7 Å². The normalized spacial score (nSPS) is 20.1. The van der Waals surface area contributed by atoms with E-state index < -0.39 is 10.0 Å². The van der Waals surface area contributed by atoms with Crippen LogP contribution in [0.25, 0.3) is 0 Å². The molecule has 1 amide bonds. The van der Waals surface area contributed by atoms with Crippen LogP contribution in [0.2, 0.25) is 5.15 Å². The molecule has 0 aliphatic carbocycles. The van der Waals surface area contributed by atoms with Gasteiger partial charge in [0.15, 0.2) is 0 Å². The van der Waals surface area contributed by atoms with Crippen LogP contribution in [0.15, 0.2) is 12.3 Å². The largest absolute Gasteiger partial charge is 0.311 e. The van der Waals surface area contributed by atoms with E-state index >= 15 is 0 Å². The van der Waals surface area contributed by atoms with Gasteiger partial charge in [0.2, 0.25) is 15.9 Å². The van der Waals surface area contributed by atoms with Gasteiger partial charge in [-0.25, -0.2) is 18.5 Å². The Balaban J connectivity index is 2.18. The quantitative estimate of drug-likeness (QED) is 0.831. The Morgan fingerprint density at radius 1 is 1.58 bits per heavy atom. The molecule has 6 nitrogen and oxygen atoms in total. The highest BCUT2D eigenvalue weighted by atomic mass is 35.5. The zero-order valence-electron chi connectivity index (χ0n) is 10.3. The number of sulfonamides is 1. The van der Waals surface area contributed by atoms with Gasteiger partial charge in [-0.3, -0.25) is 4.79 Å². The number of nitrogens with two attached hydrogens (primary N) is 1. The van der Waals surface area contributed by atoms with E-state index in [9.17, 15) is 13.2 Å². The molecule has 1 aromatic rings. The van der Waals surface area contributed by atoms with Gasteiger partial charge in [-0.05, 0) is 18.6 Å². The fourth-order valence-electron chi connectivity index (χ4n) is 2.16. The number of hydrogen-bond acceptors (Lipinski definition) is 4. The fraction of sp³-hybridized carbons (Fsp3) is 0.455. The topological polar surface area (TPSA) is 93.4 Å². The molecule has 1 unspecified atom stereocenters. The number of nitrogens with zero attached hydrogens (tertiary/aromatic N) is 2. The van der Waals surface area contributed by atoms with Gasteiger partial charge in [-0.1, -0.05) is 11.6 Å². The van der Waals surface area contributed by atoms with E-state index in [0.29, 0.717) is 17.4 Å². The maximum atomic E-state index is 11.9. The lowest BCUT2D eigenvalue weighted by atomic mass is 10.1. The number of rotatable bonds is 3. The minimum atomic E-state index is -3.57. The van der Waals surface area contributed by atoms with Crippen molar-refractivity contribution in [2.75, 3.05) is 17.2 Å². The first-order valence-electron chi connectivity index (χ1n) is 5.69. The maximum Gasteiger partial charge on any atom is 0.227 e. The molecule has 1 aliphatic rings. The van der Waals surface area contributed by atoms with Crippen LogP contribution < -0.4 is 10.0 Å². The molecule has 1 fully saturated rings. The number of halogens is 1. The van der Waals surface area contributed by atoms with Crippen molar-refractivity contribution in [1.29, 1.82) is 0 Å². The first-order valence-corrected chi connectivity index (χ1v) is 7.78. The lowest BCUT2D eigenvalue weighted by Gasteiger charge is -2.17. The predicted molar refractivity (Wildman–Crippen MR) is 72.4 cm³/mol. The van der Waals surface area contributed by atoms with Gasteiger partial charge in [0, 0.05) is 18.9 Å². The summed E-state index contributed by atoms with van der Waals surface area (Å²) in [6.45, 7) is 2.12. The number of aromatic nitrogens is 1. The summed E-state index contributed by atoms with van der Waals surface area (Å²) in [7, 11) is -3.57. The highest BCUT2D eigenvalue weighted by molar-refractivity contribution is 7.89. The van der Waals surface area contributed by atoms with E-state index in [0.717, 1.165) is 5.56 Å². The summed E-state index contributed by atoms with van der Waals surface area (Å²) >= 11 is 5.83. The highest BCUT2D eigenvalue weighted by Gasteiger charge is 2.33. The number of carbonyl (C=O) groups is 1. The Labute approximate surface area is 116 Å². The molecular formula is C11H14ClN3O3S. The molecule has 0 aromatic carbocycles. The van der Waals surface area contributed by atoms with Crippen molar-refractivity contribution in [1.82, 2.24) is 4.98 Å². The SMILES string of the molecule is Cc1cc(N2CC(CS(N)(=O)=O)CC2=O)cnc1Cl. The smallest absolute Gasteiger partial charge is 0.227 e. The average Bonchev–Trinajstić information content (AvgIpc) is 2.61. The third-order valence-electron chi connectivity index (χ3n) is 2.98. The summed E-state index contributed by atoms with van der Waals surface area (Å²) in [6, 6.07) is 1.76. The Hall–Kier alpha value is -1.18. The van der Waals surface area contributed by atoms with Crippen molar-refractivity contribution in [3.63, 3.8) is 0 Å². The first-order chi connectivity index (χ1) is 8.76. The number of pyridine rings is 1.